The monoisotopic (exact) mass is 302 g/mol. The Bertz CT molecular complexity index is 688. The van der Waals surface area contributed by atoms with E-state index >= 15 is 0 Å². The quantitative estimate of drug-likeness (QED) is 0.637. The zero-order chi connectivity index (χ0) is 16.1. The number of aromatic nitrogens is 2. The van der Waals surface area contributed by atoms with Crippen LogP contribution in [-0.4, -0.2) is 33.9 Å². The average molecular weight is 302 g/mol. The first-order valence-electron chi connectivity index (χ1n) is 7.83. The van der Waals surface area contributed by atoms with E-state index in [0.29, 0.717) is 6.42 Å². The first-order valence-corrected chi connectivity index (χ1v) is 7.83. The fraction of sp³-hybridized carbons (Fsp3) is 0.471. The summed E-state index contributed by atoms with van der Waals surface area (Å²) in [6.07, 6.45) is 9.50. The first-order chi connectivity index (χ1) is 10.7. The van der Waals surface area contributed by atoms with Crippen LogP contribution >= 0.6 is 0 Å². The summed E-state index contributed by atoms with van der Waals surface area (Å²) in [5, 5.41) is 0. The van der Waals surface area contributed by atoms with Gasteiger partial charge in [-0.1, -0.05) is 26.0 Å². The molecular formula is C17H26N4O. The molecule has 5 heteroatoms. The normalized spacial score (nSPS) is 17.4. The van der Waals surface area contributed by atoms with Gasteiger partial charge in [0.2, 0.25) is 0 Å². The Kier molecular flexibility index (Phi) is 5.31. The van der Waals surface area contributed by atoms with Gasteiger partial charge < -0.3 is 9.47 Å². The van der Waals surface area contributed by atoms with Gasteiger partial charge in [0.1, 0.15) is 5.84 Å². The molecule has 0 saturated carbocycles. The van der Waals surface area contributed by atoms with E-state index in [4.69, 9.17) is 0 Å². The molecule has 2 heterocycles. The SMILES string of the molecule is C/C=C1/c2c(CC)c(=O)ncn2CCN1C(/C=C\CC)=NC.[HH]. The lowest BCUT2D eigenvalue weighted by Crippen LogP contribution is -2.39. The van der Waals surface area contributed by atoms with Crippen LogP contribution in [0.5, 0.6) is 0 Å². The predicted octanol–water partition coefficient (Wildman–Crippen LogP) is 2.72. The van der Waals surface area contributed by atoms with Crippen molar-refractivity contribution in [2.24, 2.45) is 4.99 Å². The minimum atomic E-state index is -0.131. The molecule has 0 atom stereocenters. The molecule has 0 unspecified atom stereocenters. The van der Waals surface area contributed by atoms with Crippen LogP contribution in [0.25, 0.3) is 5.70 Å². The van der Waals surface area contributed by atoms with E-state index in [1.807, 2.05) is 19.9 Å². The Labute approximate surface area is 133 Å². The number of rotatable bonds is 3. The Morgan fingerprint density at radius 3 is 2.82 bits per heavy atom. The van der Waals surface area contributed by atoms with Gasteiger partial charge in [0.15, 0.2) is 0 Å². The van der Waals surface area contributed by atoms with E-state index in [-0.39, 0.29) is 6.99 Å². The van der Waals surface area contributed by atoms with Crippen LogP contribution in [0.3, 0.4) is 0 Å². The second-order valence-corrected chi connectivity index (χ2v) is 5.14. The van der Waals surface area contributed by atoms with Crippen LogP contribution in [0.15, 0.2) is 34.3 Å². The molecule has 0 N–H and O–H groups in total. The summed E-state index contributed by atoms with van der Waals surface area (Å²) in [5.41, 5.74) is 2.65. The van der Waals surface area contributed by atoms with Crippen molar-refractivity contribution in [1.29, 1.82) is 0 Å². The molecule has 0 aliphatic carbocycles. The summed E-state index contributed by atoms with van der Waals surface area (Å²) >= 11 is 0. The molecule has 5 nitrogen and oxygen atoms in total. The van der Waals surface area contributed by atoms with Crippen LogP contribution in [0.1, 0.15) is 39.9 Å². The molecule has 2 rings (SSSR count). The van der Waals surface area contributed by atoms with Gasteiger partial charge in [0, 0.05) is 27.1 Å². The lowest BCUT2D eigenvalue weighted by molar-refractivity contribution is 0.467. The van der Waals surface area contributed by atoms with E-state index in [1.165, 1.54) is 0 Å². The zero-order valence-electron chi connectivity index (χ0n) is 13.8. The number of fused-ring (bicyclic) bond motifs is 1. The van der Waals surface area contributed by atoms with Crippen molar-refractivity contribution in [2.45, 2.75) is 40.2 Å². The van der Waals surface area contributed by atoms with E-state index < -0.39 is 0 Å². The Morgan fingerprint density at radius 2 is 2.23 bits per heavy atom. The van der Waals surface area contributed by atoms with E-state index in [2.05, 4.69) is 38.5 Å². The smallest absolute Gasteiger partial charge is 0.276 e. The number of aliphatic imine (C=N–C) groups is 1. The summed E-state index contributed by atoms with van der Waals surface area (Å²) in [4.78, 5) is 22.7. The van der Waals surface area contributed by atoms with Gasteiger partial charge in [-0.05, 0) is 25.8 Å². The van der Waals surface area contributed by atoms with Gasteiger partial charge in [0.25, 0.3) is 5.56 Å². The minimum absolute atomic E-state index is 0. The van der Waals surface area contributed by atoms with Gasteiger partial charge >= 0.3 is 0 Å². The second-order valence-electron chi connectivity index (χ2n) is 5.14. The lowest BCUT2D eigenvalue weighted by atomic mass is 10.1. The molecule has 1 aliphatic heterocycles. The largest absolute Gasteiger partial charge is 0.328 e. The summed E-state index contributed by atoms with van der Waals surface area (Å²) in [6, 6.07) is 0. The van der Waals surface area contributed by atoms with E-state index in [0.717, 1.165) is 42.3 Å². The Balaban J connectivity index is 0.00000264. The van der Waals surface area contributed by atoms with Crippen molar-refractivity contribution >= 4 is 11.5 Å². The number of amidine groups is 1. The molecule has 0 spiro atoms. The van der Waals surface area contributed by atoms with Crippen LogP contribution in [0.2, 0.25) is 0 Å². The topological polar surface area (TPSA) is 50.5 Å². The molecule has 0 radical (unpaired) electrons. The van der Waals surface area contributed by atoms with Gasteiger partial charge in [-0.15, -0.1) is 0 Å². The van der Waals surface area contributed by atoms with Crippen molar-refractivity contribution in [1.82, 2.24) is 14.5 Å². The van der Waals surface area contributed by atoms with Gasteiger partial charge in [0.05, 0.1) is 17.7 Å². The lowest BCUT2D eigenvalue weighted by Gasteiger charge is -2.34. The van der Waals surface area contributed by atoms with Crippen molar-refractivity contribution in [3.63, 3.8) is 0 Å². The average Bonchev–Trinajstić information content (AvgIpc) is 2.55. The van der Waals surface area contributed by atoms with Gasteiger partial charge in [-0.25, -0.2) is 0 Å². The third-order valence-electron chi connectivity index (χ3n) is 3.88. The molecule has 0 bridgehead atoms. The van der Waals surface area contributed by atoms with Crippen LogP contribution in [-0.2, 0) is 13.0 Å². The maximum absolute atomic E-state index is 12.1. The van der Waals surface area contributed by atoms with Crippen LogP contribution in [0.4, 0.5) is 0 Å². The highest BCUT2D eigenvalue weighted by Gasteiger charge is 2.25. The third kappa shape index (κ3) is 2.89. The predicted molar refractivity (Wildman–Crippen MR) is 93.1 cm³/mol. The van der Waals surface area contributed by atoms with E-state index in [1.54, 1.807) is 13.4 Å². The molecule has 0 amide bonds. The van der Waals surface area contributed by atoms with Gasteiger partial charge in [-0.2, -0.15) is 4.98 Å². The summed E-state index contributed by atoms with van der Waals surface area (Å²) in [5.74, 6) is 0.924. The number of nitrogens with zero attached hydrogens (tertiary/aromatic N) is 4. The fourth-order valence-electron chi connectivity index (χ4n) is 2.82. The fourth-order valence-corrected chi connectivity index (χ4v) is 2.82. The molecule has 22 heavy (non-hydrogen) atoms. The van der Waals surface area contributed by atoms with E-state index in [9.17, 15) is 4.79 Å². The first kappa shape index (κ1) is 16.2. The van der Waals surface area contributed by atoms with Crippen LogP contribution in [0, 0.1) is 0 Å². The van der Waals surface area contributed by atoms with Gasteiger partial charge in [-0.3, -0.25) is 9.79 Å². The molecular weight excluding hydrogens is 276 g/mol. The second kappa shape index (κ2) is 7.20. The number of hydrogen-bond acceptors (Lipinski definition) is 3. The maximum Gasteiger partial charge on any atom is 0.276 e. The highest BCUT2D eigenvalue weighted by molar-refractivity contribution is 5.99. The minimum Gasteiger partial charge on any atom is -0.328 e. The number of hydrogen-bond donors (Lipinski definition) is 0. The van der Waals surface area contributed by atoms with Crippen molar-refractivity contribution in [3.8, 4) is 0 Å². The zero-order valence-corrected chi connectivity index (χ0v) is 13.8. The molecule has 1 aliphatic rings. The summed E-state index contributed by atoms with van der Waals surface area (Å²) in [7, 11) is 1.80. The molecule has 0 aromatic carbocycles. The molecule has 1 aromatic rings. The standard InChI is InChI=1S/C17H24N4O.H2/c1-5-8-9-15(18-4)21-11-10-20-12-19-17(22)13(6-2)16(20)14(21)7-3;/h7-9,12H,5-6,10-11H2,1-4H3;1H/b9-8-,14-7-,18-15?;. The van der Waals surface area contributed by atoms with Crippen molar-refractivity contribution in [2.75, 3.05) is 13.6 Å². The van der Waals surface area contributed by atoms with Crippen LogP contribution < -0.4 is 5.56 Å². The number of allylic oxidation sites excluding steroid dienone is 2. The Hall–Kier alpha value is -2.17. The molecule has 0 saturated heterocycles. The Morgan fingerprint density at radius 1 is 1.45 bits per heavy atom. The molecule has 1 aromatic heterocycles. The summed E-state index contributed by atoms with van der Waals surface area (Å²) < 4.78 is 2.07. The molecule has 120 valence electrons. The highest BCUT2D eigenvalue weighted by Crippen LogP contribution is 2.26. The van der Waals surface area contributed by atoms with Crippen molar-refractivity contribution < 1.29 is 1.43 Å². The molecule has 0 fully saturated rings. The maximum atomic E-state index is 12.1. The third-order valence-corrected chi connectivity index (χ3v) is 3.88. The highest BCUT2D eigenvalue weighted by atomic mass is 16.1. The summed E-state index contributed by atoms with van der Waals surface area (Å²) in [6.45, 7) is 7.72. The van der Waals surface area contributed by atoms with Crippen molar-refractivity contribution in [3.05, 3.63) is 46.2 Å².